The van der Waals surface area contributed by atoms with E-state index in [0.29, 0.717) is 27.9 Å². The first-order chi connectivity index (χ1) is 9.49. The topological polar surface area (TPSA) is 49.3 Å². The Kier molecular flexibility index (Phi) is 5.08. The van der Waals surface area contributed by atoms with Crippen molar-refractivity contribution in [2.75, 3.05) is 5.32 Å². The van der Waals surface area contributed by atoms with Crippen molar-refractivity contribution >= 4 is 27.6 Å². The van der Waals surface area contributed by atoms with Crippen molar-refractivity contribution in [3.63, 3.8) is 0 Å². The Bertz CT molecular complexity index is 487. The largest absolute Gasteiger partial charge is 0.478 e. The molecule has 3 nitrogen and oxygen atoms in total. The molecule has 0 amide bonds. The van der Waals surface area contributed by atoms with Crippen LogP contribution in [0.2, 0.25) is 0 Å². The molecule has 0 heterocycles. The molecule has 0 bridgehead atoms. The Morgan fingerprint density at radius 2 is 2.05 bits per heavy atom. The summed E-state index contributed by atoms with van der Waals surface area (Å²) in [5.41, 5.74) is 1.30. The summed E-state index contributed by atoms with van der Waals surface area (Å²) in [5.74, 6) is 0.470. The Morgan fingerprint density at radius 1 is 1.35 bits per heavy atom. The third kappa shape index (κ3) is 3.54. The van der Waals surface area contributed by atoms with Gasteiger partial charge in [-0.2, -0.15) is 0 Å². The summed E-state index contributed by atoms with van der Waals surface area (Å²) < 4.78 is 0.631. The number of hydrogen-bond donors (Lipinski definition) is 2. The number of benzene rings is 1. The van der Waals surface area contributed by atoms with Gasteiger partial charge < -0.3 is 10.4 Å². The molecule has 2 N–H and O–H groups in total. The van der Waals surface area contributed by atoms with Crippen molar-refractivity contribution < 1.29 is 9.90 Å². The lowest BCUT2D eigenvalue weighted by atomic mass is 9.78. The predicted octanol–water partition coefficient (Wildman–Crippen LogP) is 4.77. The van der Waals surface area contributed by atoms with Gasteiger partial charge in [0, 0.05) is 16.2 Å². The van der Waals surface area contributed by atoms with Crippen LogP contribution in [0.25, 0.3) is 0 Å². The highest BCUT2D eigenvalue weighted by molar-refractivity contribution is 9.10. The van der Waals surface area contributed by atoms with Gasteiger partial charge in [-0.3, -0.25) is 0 Å². The summed E-state index contributed by atoms with van der Waals surface area (Å²) in [6.07, 6.45) is 5.07. The third-order valence-electron chi connectivity index (χ3n) is 4.23. The maximum absolute atomic E-state index is 11.0. The van der Waals surface area contributed by atoms with Crippen LogP contribution in [0.4, 0.5) is 5.69 Å². The lowest BCUT2D eigenvalue weighted by molar-refractivity contribution is 0.0696. The average molecular weight is 340 g/mol. The van der Waals surface area contributed by atoms with E-state index in [0.717, 1.165) is 5.69 Å². The van der Waals surface area contributed by atoms with E-state index in [9.17, 15) is 4.79 Å². The van der Waals surface area contributed by atoms with Crippen molar-refractivity contribution in [3.8, 4) is 0 Å². The maximum atomic E-state index is 11.0. The van der Waals surface area contributed by atoms with Crippen LogP contribution < -0.4 is 5.32 Å². The smallest absolute Gasteiger partial charge is 0.336 e. The van der Waals surface area contributed by atoms with E-state index in [1.165, 1.54) is 25.7 Å². The van der Waals surface area contributed by atoms with E-state index in [1.807, 2.05) is 12.1 Å². The van der Waals surface area contributed by atoms with E-state index >= 15 is 0 Å². The van der Waals surface area contributed by atoms with E-state index in [-0.39, 0.29) is 0 Å². The molecule has 0 radical (unpaired) electrons. The number of nitrogens with one attached hydrogen (secondary N) is 1. The van der Waals surface area contributed by atoms with E-state index < -0.39 is 5.97 Å². The first kappa shape index (κ1) is 15.4. The standard InChI is InChI=1S/C16H22BrNO2/c1-10(2)12-5-3-4-6-15(12)18-11-7-8-13(16(19)20)14(17)9-11/h7-10,12,15,18H,3-6H2,1-2H3,(H,19,20). The lowest BCUT2D eigenvalue weighted by Crippen LogP contribution is -2.35. The van der Waals surface area contributed by atoms with Gasteiger partial charge in [-0.25, -0.2) is 4.79 Å². The molecule has 2 rings (SSSR count). The van der Waals surface area contributed by atoms with Crippen molar-refractivity contribution in [2.24, 2.45) is 11.8 Å². The van der Waals surface area contributed by atoms with Crippen LogP contribution in [0, 0.1) is 11.8 Å². The van der Waals surface area contributed by atoms with Gasteiger partial charge in [0.2, 0.25) is 0 Å². The molecule has 1 saturated carbocycles. The van der Waals surface area contributed by atoms with Gasteiger partial charge in [0.05, 0.1) is 5.56 Å². The zero-order valence-corrected chi connectivity index (χ0v) is 13.6. The molecular formula is C16H22BrNO2. The van der Waals surface area contributed by atoms with Gasteiger partial charge in [-0.1, -0.05) is 26.7 Å². The number of halogens is 1. The summed E-state index contributed by atoms with van der Waals surface area (Å²) in [6, 6.07) is 5.88. The van der Waals surface area contributed by atoms with Gasteiger partial charge in [-0.15, -0.1) is 0 Å². The Morgan fingerprint density at radius 3 is 2.65 bits per heavy atom. The van der Waals surface area contributed by atoms with Crippen molar-refractivity contribution in [1.29, 1.82) is 0 Å². The minimum atomic E-state index is -0.902. The zero-order valence-electron chi connectivity index (χ0n) is 12.0. The monoisotopic (exact) mass is 339 g/mol. The van der Waals surface area contributed by atoms with Crippen LogP contribution >= 0.6 is 15.9 Å². The fraction of sp³-hybridized carbons (Fsp3) is 0.562. The molecule has 2 atom stereocenters. The fourth-order valence-electron chi connectivity index (χ4n) is 3.13. The molecule has 1 fully saturated rings. The van der Waals surface area contributed by atoms with Crippen LogP contribution in [-0.4, -0.2) is 17.1 Å². The molecule has 1 aliphatic rings. The summed E-state index contributed by atoms with van der Waals surface area (Å²) in [5, 5.41) is 12.6. The molecule has 1 aromatic carbocycles. The summed E-state index contributed by atoms with van der Waals surface area (Å²) >= 11 is 3.34. The number of carboxylic acids is 1. The van der Waals surface area contributed by atoms with Gasteiger partial charge in [0.1, 0.15) is 0 Å². The fourth-order valence-corrected chi connectivity index (χ4v) is 3.68. The normalized spacial score (nSPS) is 22.8. The quantitative estimate of drug-likeness (QED) is 0.830. The molecule has 20 heavy (non-hydrogen) atoms. The Labute approximate surface area is 128 Å². The molecule has 2 unspecified atom stereocenters. The van der Waals surface area contributed by atoms with Gasteiger partial charge in [0.15, 0.2) is 0 Å². The Balaban J connectivity index is 2.12. The van der Waals surface area contributed by atoms with Gasteiger partial charge in [0.25, 0.3) is 0 Å². The first-order valence-corrected chi connectivity index (χ1v) is 8.07. The summed E-state index contributed by atoms with van der Waals surface area (Å²) in [4.78, 5) is 11.0. The summed E-state index contributed by atoms with van der Waals surface area (Å²) in [6.45, 7) is 4.57. The van der Waals surface area contributed by atoms with Crippen molar-refractivity contribution in [1.82, 2.24) is 0 Å². The molecule has 110 valence electrons. The van der Waals surface area contributed by atoms with Crippen LogP contribution in [0.3, 0.4) is 0 Å². The van der Waals surface area contributed by atoms with E-state index in [1.54, 1.807) is 6.07 Å². The average Bonchev–Trinajstić information content (AvgIpc) is 2.38. The second kappa shape index (κ2) is 6.61. The number of anilines is 1. The number of hydrogen-bond acceptors (Lipinski definition) is 2. The van der Waals surface area contributed by atoms with Crippen molar-refractivity contribution in [3.05, 3.63) is 28.2 Å². The second-order valence-electron chi connectivity index (χ2n) is 5.94. The lowest BCUT2D eigenvalue weighted by Gasteiger charge is -2.35. The van der Waals surface area contributed by atoms with Crippen LogP contribution in [0.5, 0.6) is 0 Å². The van der Waals surface area contributed by atoms with Gasteiger partial charge in [-0.05, 0) is 58.8 Å². The number of carbonyl (C=O) groups is 1. The molecule has 0 aromatic heterocycles. The number of carboxylic acid groups (broad SMARTS) is 1. The molecular weight excluding hydrogens is 318 g/mol. The molecule has 4 heteroatoms. The molecule has 0 saturated heterocycles. The maximum Gasteiger partial charge on any atom is 0.336 e. The number of rotatable bonds is 4. The highest BCUT2D eigenvalue weighted by atomic mass is 79.9. The third-order valence-corrected chi connectivity index (χ3v) is 4.88. The highest BCUT2D eigenvalue weighted by Gasteiger charge is 2.27. The molecule has 1 aliphatic carbocycles. The molecule has 1 aromatic rings. The second-order valence-corrected chi connectivity index (χ2v) is 6.80. The SMILES string of the molecule is CC(C)C1CCCCC1Nc1ccc(C(=O)O)c(Br)c1. The first-order valence-electron chi connectivity index (χ1n) is 7.28. The zero-order chi connectivity index (χ0) is 14.7. The Hall–Kier alpha value is -1.03. The van der Waals surface area contributed by atoms with E-state index in [4.69, 9.17) is 5.11 Å². The summed E-state index contributed by atoms with van der Waals surface area (Å²) in [7, 11) is 0. The predicted molar refractivity (Wildman–Crippen MR) is 85.3 cm³/mol. The minimum absolute atomic E-state index is 0.305. The van der Waals surface area contributed by atoms with Crippen molar-refractivity contribution in [2.45, 2.75) is 45.6 Å². The van der Waals surface area contributed by atoms with Crippen LogP contribution in [0.1, 0.15) is 49.9 Å². The highest BCUT2D eigenvalue weighted by Crippen LogP contribution is 2.33. The molecule has 0 aliphatic heterocycles. The van der Waals surface area contributed by atoms with Gasteiger partial charge >= 0.3 is 5.97 Å². The van der Waals surface area contributed by atoms with Crippen LogP contribution in [0.15, 0.2) is 22.7 Å². The number of aromatic carboxylic acids is 1. The van der Waals surface area contributed by atoms with E-state index in [2.05, 4.69) is 35.1 Å². The molecule has 0 spiro atoms. The minimum Gasteiger partial charge on any atom is -0.478 e. The van der Waals surface area contributed by atoms with Crippen LogP contribution in [-0.2, 0) is 0 Å².